The Kier molecular flexibility index (Phi) is 5.07. The van der Waals surface area contributed by atoms with Crippen LogP contribution in [-0.2, 0) is 0 Å². The molecule has 0 bridgehead atoms. The lowest BCUT2D eigenvalue weighted by Crippen LogP contribution is -2.28. The first-order chi connectivity index (χ1) is 10.3. The number of rotatable bonds is 4. The van der Waals surface area contributed by atoms with Crippen molar-refractivity contribution < 1.29 is 9.47 Å². The van der Waals surface area contributed by atoms with Crippen molar-refractivity contribution in [2.75, 3.05) is 20.2 Å². The Morgan fingerprint density at radius 3 is 2.62 bits per heavy atom. The fourth-order valence-electron chi connectivity index (χ4n) is 3.43. The highest BCUT2D eigenvalue weighted by molar-refractivity contribution is 9.10. The highest BCUT2D eigenvalue weighted by Gasteiger charge is 2.22. The minimum Gasteiger partial charge on any atom is -0.492 e. The average molecular weight is 354 g/mol. The van der Waals surface area contributed by atoms with Crippen molar-refractivity contribution in [3.63, 3.8) is 0 Å². The largest absolute Gasteiger partial charge is 0.492 e. The Labute approximate surface area is 135 Å². The summed E-state index contributed by atoms with van der Waals surface area (Å²) in [5.74, 6) is 2.31. The van der Waals surface area contributed by atoms with Crippen LogP contribution in [0.1, 0.15) is 50.0 Å². The van der Waals surface area contributed by atoms with Gasteiger partial charge in [0.05, 0.1) is 17.7 Å². The standard InChI is InChI=1S/C17H24BrNO2/c1-20-17-15(18)9-13(12-5-4-8-19-11-12)10-16(17)21-14-6-2-3-7-14/h9-10,12,14,19H,2-8,11H2,1H3. The van der Waals surface area contributed by atoms with Crippen LogP contribution in [0, 0.1) is 0 Å². The summed E-state index contributed by atoms with van der Waals surface area (Å²) >= 11 is 3.65. The first kappa shape index (κ1) is 15.2. The molecule has 4 heteroatoms. The fourth-order valence-corrected chi connectivity index (χ4v) is 4.05. The molecule has 1 heterocycles. The molecule has 1 N–H and O–H groups in total. The molecule has 1 aromatic carbocycles. The molecule has 0 radical (unpaired) electrons. The van der Waals surface area contributed by atoms with Crippen molar-refractivity contribution in [1.29, 1.82) is 0 Å². The summed E-state index contributed by atoms with van der Waals surface area (Å²) in [6.07, 6.45) is 7.72. The lowest BCUT2D eigenvalue weighted by Gasteiger charge is -2.25. The molecular formula is C17H24BrNO2. The van der Waals surface area contributed by atoms with Crippen molar-refractivity contribution in [2.45, 2.75) is 50.5 Å². The molecule has 1 aliphatic carbocycles. The van der Waals surface area contributed by atoms with Crippen LogP contribution in [0.2, 0.25) is 0 Å². The van der Waals surface area contributed by atoms with Crippen molar-refractivity contribution in [2.24, 2.45) is 0 Å². The van der Waals surface area contributed by atoms with E-state index in [1.807, 2.05) is 0 Å². The number of benzene rings is 1. The maximum Gasteiger partial charge on any atom is 0.174 e. The minimum absolute atomic E-state index is 0.352. The summed E-state index contributed by atoms with van der Waals surface area (Å²) < 4.78 is 12.8. The monoisotopic (exact) mass is 353 g/mol. The van der Waals surface area contributed by atoms with E-state index in [1.54, 1.807) is 7.11 Å². The predicted octanol–water partition coefficient (Wildman–Crippen LogP) is 4.25. The zero-order valence-corrected chi connectivity index (χ0v) is 14.2. The molecule has 1 atom stereocenters. The quantitative estimate of drug-likeness (QED) is 0.877. The molecule has 0 amide bonds. The number of piperidine rings is 1. The molecule has 1 aromatic rings. The molecular weight excluding hydrogens is 330 g/mol. The summed E-state index contributed by atoms with van der Waals surface area (Å²) in [5, 5.41) is 3.49. The van der Waals surface area contributed by atoms with Crippen molar-refractivity contribution in [3.8, 4) is 11.5 Å². The van der Waals surface area contributed by atoms with Crippen molar-refractivity contribution in [3.05, 3.63) is 22.2 Å². The zero-order chi connectivity index (χ0) is 14.7. The van der Waals surface area contributed by atoms with E-state index in [0.717, 1.165) is 41.9 Å². The number of hydrogen-bond donors (Lipinski definition) is 1. The summed E-state index contributed by atoms with van der Waals surface area (Å²) in [7, 11) is 1.71. The smallest absolute Gasteiger partial charge is 0.174 e. The predicted molar refractivity (Wildman–Crippen MR) is 88.4 cm³/mol. The second-order valence-electron chi connectivity index (χ2n) is 6.10. The van der Waals surface area contributed by atoms with Gasteiger partial charge in [0.25, 0.3) is 0 Å². The van der Waals surface area contributed by atoms with Crippen molar-refractivity contribution >= 4 is 15.9 Å². The van der Waals surface area contributed by atoms with Gasteiger partial charge in [-0.1, -0.05) is 0 Å². The zero-order valence-electron chi connectivity index (χ0n) is 12.7. The van der Waals surface area contributed by atoms with E-state index in [4.69, 9.17) is 9.47 Å². The molecule has 1 saturated heterocycles. The van der Waals surface area contributed by atoms with Crippen LogP contribution in [0.4, 0.5) is 0 Å². The Morgan fingerprint density at radius 1 is 1.14 bits per heavy atom. The summed E-state index contributed by atoms with van der Waals surface area (Å²) in [6, 6.07) is 4.39. The van der Waals surface area contributed by atoms with Gasteiger partial charge in [-0.25, -0.2) is 0 Å². The highest BCUT2D eigenvalue weighted by atomic mass is 79.9. The van der Waals surface area contributed by atoms with E-state index in [0.29, 0.717) is 12.0 Å². The third-order valence-corrected chi connectivity index (χ3v) is 5.19. The van der Waals surface area contributed by atoms with Gasteiger partial charge in [-0.15, -0.1) is 0 Å². The molecule has 3 rings (SSSR count). The Morgan fingerprint density at radius 2 is 1.95 bits per heavy atom. The van der Waals surface area contributed by atoms with E-state index in [9.17, 15) is 0 Å². The van der Waals surface area contributed by atoms with E-state index in [-0.39, 0.29) is 0 Å². The van der Waals surface area contributed by atoms with E-state index in [1.165, 1.54) is 31.2 Å². The third-order valence-electron chi connectivity index (χ3n) is 4.60. The van der Waals surface area contributed by atoms with Crippen LogP contribution in [-0.4, -0.2) is 26.3 Å². The van der Waals surface area contributed by atoms with Crippen LogP contribution in [0.3, 0.4) is 0 Å². The minimum atomic E-state index is 0.352. The van der Waals surface area contributed by atoms with Gasteiger partial charge in [-0.3, -0.25) is 0 Å². The van der Waals surface area contributed by atoms with E-state index >= 15 is 0 Å². The molecule has 1 unspecified atom stereocenters. The fraction of sp³-hybridized carbons (Fsp3) is 0.647. The lowest BCUT2D eigenvalue weighted by atomic mass is 9.91. The molecule has 2 fully saturated rings. The van der Waals surface area contributed by atoms with Gasteiger partial charge in [0.15, 0.2) is 11.5 Å². The number of nitrogens with one attached hydrogen (secondary N) is 1. The number of halogens is 1. The second-order valence-corrected chi connectivity index (χ2v) is 6.96. The molecule has 0 aromatic heterocycles. The molecule has 1 saturated carbocycles. The second kappa shape index (κ2) is 7.01. The third kappa shape index (κ3) is 3.54. The van der Waals surface area contributed by atoms with Gasteiger partial charge in [0.2, 0.25) is 0 Å². The van der Waals surface area contributed by atoms with Crippen molar-refractivity contribution in [1.82, 2.24) is 5.32 Å². The maximum atomic E-state index is 6.23. The normalized spacial score (nSPS) is 23.2. The Bertz CT molecular complexity index is 480. The topological polar surface area (TPSA) is 30.5 Å². The molecule has 3 nitrogen and oxygen atoms in total. The summed E-state index contributed by atoms with van der Waals surface area (Å²) in [5.41, 5.74) is 1.35. The lowest BCUT2D eigenvalue weighted by molar-refractivity contribution is 0.200. The SMILES string of the molecule is COc1c(Br)cc(C2CCCNC2)cc1OC1CCCC1. The molecule has 1 aliphatic heterocycles. The van der Waals surface area contributed by atoms with Gasteiger partial charge in [-0.2, -0.15) is 0 Å². The average Bonchev–Trinajstić information content (AvgIpc) is 3.01. The summed E-state index contributed by atoms with van der Waals surface area (Å²) in [4.78, 5) is 0. The van der Waals surface area contributed by atoms with Gasteiger partial charge >= 0.3 is 0 Å². The number of methoxy groups -OCH3 is 1. The molecule has 2 aliphatic rings. The van der Waals surface area contributed by atoms with Gasteiger partial charge in [-0.05, 0) is 84.6 Å². The van der Waals surface area contributed by atoms with Crippen LogP contribution in [0.25, 0.3) is 0 Å². The van der Waals surface area contributed by atoms with Gasteiger partial charge in [0, 0.05) is 6.54 Å². The first-order valence-corrected chi connectivity index (χ1v) is 8.82. The van der Waals surface area contributed by atoms with E-state index < -0.39 is 0 Å². The first-order valence-electron chi connectivity index (χ1n) is 8.02. The van der Waals surface area contributed by atoms with Gasteiger partial charge in [0.1, 0.15) is 0 Å². The van der Waals surface area contributed by atoms with Gasteiger partial charge < -0.3 is 14.8 Å². The van der Waals surface area contributed by atoms with Crippen LogP contribution in [0.5, 0.6) is 11.5 Å². The van der Waals surface area contributed by atoms with Crippen LogP contribution < -0.4 is 14.8 Å². The van der Waals surface area contributed by atoms with Crippen LogP contribution in [0.15, 0.2) is 16.6 Å². The maximum absolute atomic E-state index is 6.23. The highest BCUT2D eigenvalue weighted by Crippen LogP contribution is 2.41. The molecule has 0 spiro atoms. The van der Waals surface area contributed by atoms with E-state index in [2.05, 4.69) is 33.4 Å². The summed E-state index contributed by atoms with van der Waals surface area (Å²) in [6.45, 7) is 2.20. The number of hydrogen-bond acceptors (Lipinski definition) is 3. The Balaban J connectivity index is 1.85. The molecule has 21 heavy (non-hydrogen) atoms. The molecule has 116 valence electrons. The number of ether oxygens (including phenoxy) is 2. The van der Waals surface area contributed by atoms with Crippen LogP contribution >= 0.6 is 15.9 Å². The Hall–Kier alpha value is -0.740.